The van der Waals surface area contributed by atoms with Gasteiger partial charge in [-0.3, -0.25) is 10.1 Å². The first-order valence-electron chi connectivity index (χ1n) is 5.90. The number of carbonyl (C=O) groups is 2. The lowest BCUT2D eigenvalue weighted by Crippen LogP contribution is -2.30. The number of urea groups is 1. The molecule has 1 aromatic heterocycles. The Morgan fingerprint density at radius 3 is 2.84 bits per heavy atom. The maximum absolute atomic E-state index is 11.6. The molecule has 2 N–H and O–H groups in total. The molecule has 0 radical (unpaired) electrons. The fourth-order valence-electron chi connectivity index (χ4n) is 2.49. The third kappa shape index (κ3) is 1.96. The molecule has 0 spiro atoms. The summed E-state index contributed by atoms with van der Waals surface area (Å²) in [6, 6.07) is 4.72. The van der Waals surface area contributed by atoms with Gasteiger partial charge in [-0.15, -0.1) is 0 Å². The van der Waals surface area contributed by atoms with Crippen LogP contribution < -0.4 is 10.6 Å². The monoisotopic (exact) mass is 277 g/mol. The molecule has 19 heavy (non-hydrogen) atoms. The highest BCUT2D eigenvalue weighted by atomic mass is 35.5. The van der Waals surface area contributed by atoms with E-state index in [1.165, 1.54) is 0 Å². The average Bonchev–Trinajstić information content (AvgIpc) is 2.82. The quantitative estimate of drug-likeness (QED) is 0.819. The Kier molecular flexibility index (Phi) is 2.71. The Bertz CT molecular complexity index is 692. The Morgan fingerprint density at radius 1 is 1.37 bits per heavy atom. The summed E-state index contributed by atoms with van der Waals surface area (Å²) in [6.45, 7) is 0. The van der Waals surface area contributed by atoms with E-state index in [2.05, 4.69) is 10.6 Å². The second-order valence-corrected chi connectivity index (χ2v) is 5.03. The maximum atomic E-state index is 11.6. The van der Waals surface area contributed by atoms with Crippen molar-refractivity contribution in [2.45, 2.75) is 12.5 Å². The van der Waals surface area contributed by atoms with Crippen LogP contribution in [0, 0.1) is 0 Å². The van der Waals surface area contributed by atoms with E-state index >= 15 is 0 Å². The molecule has 0 saturated carbocycles. The fourth-order valence-corrected chi connectivity index (χ4v) is 2.79. The number of aromatic nitrogens is 1. The zero-order valence-corrected chi connectivity index (χ0v) is 11.0. The molecular formula is C13H12ClN3O2. The van der Waals surface area contributed by atoms with Gasteiger partial charge in [-0.05, 0) is 11.6 Å². The van der Waals surface area contributed by atoms with Crippen molar-refractivity contribution >= 4 is 34.4 Å². The normalized spacial score (nSPS) is 18.7. The predicted molar refractivity (Wildman–Crippen MR) is 72.1 cm³/mol. The van der Waals surface area contributed by atoms with Crippen LogP contribution in [0.1, 0.15) is 5.56 Å². The molecule has 0 aliphatic carbocycles. The van der Waals surface area contributed by atoms with Gasteiger partial charge in [-0.2, -0.15) is 0 Å². The summed E-state index contributed by atoms with van der Waals surface area (Å²) in [6.07, 6.45) is 2.39. The smallest absolute Gasteiger partial charge is 0.322 e. The number of rotatable bonds is 2. The maximum Gasteiger partial charge on any atom is 0.322 e. The second-order valence-electron chi connectivity index (χ2n) is 4.62. The van der Waals surface area contributed by atoms with Gasteiger partial charge in [0.1, 0.15) is 6.04 Å². The van der Waals surface area contributed by atoms with Crippen molar-refractivity contribution in [3.63, 3.8) is 0 Å². The standard InChI is InChI=1S/C13H12ClN3O2/c1-17-6-7(5-10-12(18)16-13(19)15-10)8-3-2-4-9(14)11(8)17/h2-4,6,10H,5H2,1H3,(H2,15,16,18,19). The van der Waals surface area contributed by atoms with Gasteiger partial charge in [0.25, 0.3) is 5.91 Å². The second kappa shape index (κ2) is 4.28. The summed E-state index contributed by atoms with van der Waals surface area (Å²) in [5, 5.41) is 6.51. The molecular weight excluding hydrogens is 266 g/mol. The highest BCUT2D eigenvalue weighted by molar-refractivity contribution is 6.35. The lowest BCUT2D eigenvalue weighted by Gasteiger charge is -2.05. The molecule has 1 aromatic carbocycles. The third-order valence-electron chi connectivity index (χ3n) is 3.32. The summed E-state index contributed by atoms with van der Waals surface area (Å²) >= 11 is 6.17. The van der Waals surface area contributed by atoms with Crippen LogP contribution in [0.3, 0.4) is 0 Å². The number of amides is 3. The van der Waals surface area contributed by atoms with Crippen molar-refractivity contribution < 1.29 is 9.59 Å². The van der Waals surface area contributed by atoms with Gasteiger partial charge in [0, 0.05) is 25.1 Å². The minimum Gasteiger partial charge on any atom is -0.349 e. The van der Waals surface area contributed by atoms with Gasteiger partial charge in [0.2, 0.25) is 0 Å². The van der Waals surface area contributed by atoms with Crippen molar-refractivity contribution in [3.8, 4) is 0 Å². The minimum absolute atomic E-state index is 0.288. The van der Waals surface area contributed by atoms with Crippen LogP contribution in [0.5, 0.6) is 0 Å². The Balaban J connectivity index is 2.00. The van der Waals surface area contributed by atoms with Gasteiger partial charge >= 0.3 is 6.03 Å². The molecule has 3 rings (SSSR count). The van der Waals surface area contributed by atoms with Crippen molar-refractivity contribution in [2.24, 2.45) is 7.05 Å². The number of carbonyl (C=O) groups excluding carboxylic acids is 2. The van der Waals surface area contributed by atoms with E-state index in [1.54, 1.807) is 0 Å². The molecule has 3 amide bonds. The number of imide groups is 1. The van der Waals surface area contributed by atoms with Gasteiger partial charge in [-0.25, -0.2) is 4.79 Å². The van der Waals surface area contributed by atoms with E-state index in [4.69, 9.17) is 11.6 Å². The van der Waals surface area contributed by atoms with Gasteiger partial charge < -0.3 is 9.88 Å². The summed E-state index contributed by atoms with van der Waals surface area (Å²) in [7, 11) is 1.91. The van der Waals surface area contributed by atoms with Gasteiger partial charge in [0.05, 0.1) is 10.5 Å². The molecule has 98 valence electrons. The molecule has 1 fully saturated rings. The van der Waals surface area contributed by atoms with Crippen LogP contribution in [0.2, 0.25) is 5.02 Å². The zero-order valence-electron chi connectivity index (χ0n) is 10.2. The third-order valence-corrected chi connectivity index (χ3v) is 3.62. The van der Waals surface area contributed by atoms with Crippen molar-refractivity contribution in [1.82, 2.24) is 15.2 Å². The zero-order chi connectivity index (χ0) is 13.6. The van der Waals surface area contributed by atoms with Crippen LogP contribution in [0.25, 0.3) is 10.9 Å². The highest BCUT2D eigenvalue weighted by Gasteiger charge is 2.30. The SMILES string of the molecule is Cn1cc(CC2NC(=O)NC2=O)c2cccc(Cl)c21. The minimum atomic E-state index is -0.517. The molecule has 1 aliphatic heterocycles. The lowest BCUT2D eigenvalue weighted by atomic mass is 10.1. The Morgan fingerprint density at radius 2 is 2.16 bits per heavy atom. The van der Waals surface area contributed by atoms with Gasteiger partial charge in [0.15, 0.2) is 0 Å². The summed E-state index contributed by atoms with van der Waals surface area (Å²) < 4.78 is 1.93. The summed E-state index contributed by atoms with van der Waals surface area (Å²) in [5.74, 6) is -0.288. The van der Waals surface area contributed by atoms with Crippen LogP contribution in [0.4, 0.5) is 4.79 Å². The summed E-state index contributed by atoms with van der Waals surface area (Å²) in [4.78, 5) is 22.7. The van der Waals surface area contributed by atoms with E-state index in [-0.39, 0.29) is 5.91 Å². The molecule has 2 heterocycles. The highest BCUT2D eigenvalue weighted by Crippen LogP contribution is 2.28. The summed E-state index contributed by atoms with van der Waals surface area (Å²) in [5.41, 5.74) is 1.92. The first-order valence-corrected chi connectivity index (χ1v) is 6.28. The molecule has 2 aromatic rings. The van der Waals surface area contributed by atoms with Crippen LogP contribution >= 0.6 is 11.6 Å². The number of hydrogen-bond acceptors (Lipinski definition) is 2. The lowest BCUT2D eigenvalue weighted by molar-refractivity contribution is -0.120. The molecule has 1 aliphatic rings. The molecule has 5 nitrogen and oxygen atoms in total. The topological polar surface area (TPSA) is 63.1 Å². The number of aryl methyl sites for hydroxylation is 1. The first-order chi connectivity index (χ1) is 9.06. The molecule has 0 bridgehead atoms. The van der Waals surface area contributed by atoms with Crippen molar-refractivity contribution in [1.29, 1.82) is 0 Å². The number of nitrogens with zero attached hydrogens (tertiary/aromatic N) is 1. The van der Waals surface area contributed by atoms with Crippen LogP contribution in [-0.2, 0) is 18.3 Å². The van der Waals surface area contributed by atoms with Crippen molar-refractivity contribution in [2.75, 3.05) is 0 Å². The number of fused-ring (bicyclic) bond motifs is 1. The van der Waals surface area contributed by atoms with E-state index in [1.807, 2.05) is 36.0 Å². The average molecular weight is 278 g/mol. The largest absolute Gasteiger partial charge is 0.349 e. The van der Waals surface area contributed by atoms with E-state index in [9.17, 15) is 9.59 Å². The molecule has 1 saturated heterocycles. The van der Waals surface area contributed by atoms with E-state index < -0.39 is 12.1 Å². The van der Waals surface area contributed by atoms with E-state index in [0.29, 0.717) is 11.4 Å². The fraction of sp³-hybridized carbons (Fsp3) is 0.231. The molecule has 6 heteroatoms. The molecule has 1 unspecified atom stereocenters. The Hall–Kier alpha value is -2.01. The Labute approximate surface area is 114 Å². The van der Waals surface area contributed by atoms with Gasteiger partial charge in [-0.1, -0.05) is 23.7 Å². The van der Waals surface area contributed by atoms with Crippen LogP contribution in [0.15, 0.2) is 24.4 Å². The number of nitrogens with one attached hydrogen (secondary N) is 2. The number of hydrogen-bond donors (Lipinski definition) is 2. The number of halogens is 1. The first kappa shape index (κ1) is 12.0. The number of benzene rings is 1. The number of para-hydroxylation sites is 1. The van der Waals surface area contributed by atoms with Crippen LogP contribution in [-0.4, -0.2) is 22.5 Å². The van der Waals surface area contributed by atoms with E-state index in [0.717, 1.165) is 16.5 Å². The predicted octanol–water partition coefficient (Wildman–Crippen LogP) is 1.58. The van der Waals surface area contributed by atoms with Crippen molar-refractivity contribution in [3.05, 3.63) is 35.0 Å². The molecule has 1 atom stereocenters.